The molecule has 2 heterocycles. The van der Waals surface area contributed by atoms with Gasteiger partial charge < -0.3 is 9.84 Å². The molecule has 4 rings (SSSR count). The molecule has 0 aliphatic heterocycles. The van der Waals surface area contributed by atoms with Gasteiger partial charge in [-0.1, -0.05) is 58.1 Å². The summed E-state index contributed by atoms with van der Waals surface area (Å²) in [7, 11) is 0. The van der Waals surface area contributed by atoms with E-state index in [1.165, 1.54) is 24.3 Å². The van der Waals surface area contributed by atoms with Crippen molar-refractivity contribution >= 4 is 57.3 Å². The molecule has 4 aromatic rings. The van der Waals surface area contributed by atoms with E-state index < -0.39 is 5.91 Å². The van der Waals surface area contributed by atoms with Gasteiger partial charge in [-0.3, -0.25) is 14.9 Å². The maximum absolute atomic E-state index is 12.9. The molecular formula is C21H15ClFN5O3S2. The predicted octanol–water partition coefficient (Wildman–Crippen LogP) is 5.28. The number of nitrogens with one attached hydrogen (secondary N) is 2. The Bertz CT molecular complexity index is 1310. The van der Waals surface area contributed by atoms with Crippen molar-refractivity contribution < 1.29 is 18.5 Å². The van der Waals surface area contributed by atoms with Crippen LogP contribution in [0.3, 0.4) is 0 Å². The summed E-state index contributed by atoms with van der Waals surface area (Å²) in [6, 6.07) is 12.5. The van der Waals surface area contributed by atoms with E-state index >= 15 is 0 Å². The highest BCUT2D eigenvalue weighted by molar-refractivity contribution is 8.01. The predicted molar refractivity (Wildman–Crippen MR) is 125 cm³/mol. The highest BCUT2D eigenvalue weighted by atomic mass is 35.5. The fraction of sp³-hybridized carbons (Fsp3) is 0.0952. The standard InChI is InChI=1S/C21H15ClFN5O3S2/c1-11-17(18(28-31-11)14-4-2-3-5-15(14)22)19(30)25-20-26-27-21(33-20)32-10-16(29)24-13-8-6-12(23)7-9-13/h2-9H,10H2,1H3,(H,24,29)(H,25,26,30). The number of carbonyl (C=O) groups excluding carboxylic acids is 2. The van der Waals surface area contributed by atoms with Gasteiger partial charge in [0.15, 0.2) is 4.34 Å². The third kappa shape index (κ3) is 5.56. The maximum Gasteiger partial charge on any atom is 0.263 e. The van der Waals surface area contributed by atoms with Gasteiger partial charge in [0.1, 0.15) is 22.8 Å². The van der Waals surface area contributed by atoms with E-state index in [1.807, 2.05) is 0 Å². The van der Waals surface area contributed by atoms with Crippen LogP contribution in [-0.2, 0) is 4.79 Å². The molecule has 0 radical (unpaired) electrons. The van der Waals surface area contributed by atoms with Crippen LogP contribution in [0.15, 0.2) is 57.4 Å². The fourth-order valence-electron chi connectivity index (χ4n) is 2.81. The second kappa shape index (κ2) is 10.1. The summed E-state index contributed by atoms with van der Waals surface area (Å²) in [5.41, 5.74) is 1.63. The van der Waals surface area contributed by atoms with Gasteiger partial charge in [-0.25, -0.2) is 4.39 Å². The third-order valence-corrected chi connectivity index (χ3v) is 6.60. The largest absolute Gasteiger partial charge is 0.360 e. The van der Waals surface area contributed by atoms with E-state index in [9.17, 15) is 14.0 Å². The average molecular weight is 504 g/mol. The molecule has 2 aromatic heterocycles. The third-order valence-electron chi connectivity index (χ3n) is 4.30. The van der Waals surface area contributed by atoms with E-state index in [1.54, 1.807) is 31.2 Å². The van der Waals surface area contributed by atoms with Crippen molar-refractivity contribution in [1.29, 1.82) is 0 Å². The van der Waals surface area contributed by atoms with E-state index in [0.717, 1.165) is 23.1 Å². The van der Waals surface area contributed by atoms with Gasteiger partial charge >= 0.3 is 0 Å². The number of nitrogens with zero attached hydrogens (tertiary/aromatic N) is 3. The molecule has 12 heteroatoms. The van der Waals surface area contributed by atoms with Crippen LogP contribution in [0.1, 0.15) is 16.1 Å². The molecule has 2 aromatic carbocycles. The number of halogens is 2. The number of carbonyl (C=O) groups is 2. The van der Waals surface area contributed by atoms with Gasteiger partial charge in [-0.05, 0) is 37.3 Å². The van der Waals surface area contributed by atoms with Crippen LogP contribution in [0, 0.1) is 12.7 Å². The number of aryl methyl sites for hydroxylation is 1. The summed E-state index contributed by atoms with van der Waals surface area (Å²) >= 11 is 8.52. The molecule has 2 N–H and O–H groups in total. The molecule has 168 valence electrons. The fourth-order valence-corrected chi connectivity index (χ4v) is 4.58. The van der Waals surface area contributed by atoms with Gasteiger partial charge in [0, 0.05) is 11.3 Å². The zero-order chi connectivity index (χ0) is 23.4. The summed E-state index contributed by atoms with van der Waals surface area (Å²) in [6.45, 7) is 1.63. The first-order valence-corrected chi connectivity index (χ1v) is 11.6. The molecule has 0 fully saturated rings. The van der Waals surface area contributed by atoms with Crippen LogP contribution in [-0.4, -0.2) is 32.9 Å². The first-order chi connectivity index (χ1) is 15.9. The minimum atomic E-state index is -0.467. The number of rotatable bonds is 7. The number of thioether (sulfide) groups is 1. The van der Waals surface area contributed by atoms with E-state index in [0.29, 0.717) is 32.1 Å². The smallest absolute Gasteiger partial charge is 0.263 e. The lowest BCUT2D eigenvalue weighted by molar-refractivity contribution is -0.113. The molecule has 0 saturated carbocycles. The lowest BCUT2D eigenvalue weighted by Gasteiger charge is -2.04. The Morgan fingerprint density at radius 3 is 2.64 bits per heavy atom. The second-order valence-electron chi connectivity index (χ2n) is 6.61. The quantitative estimate of drug-likeness (QED) is 0.261. The lowest BCUT2D eigenvalue weighted by Crippen LogP contribution is -2.13. The summed E-state index contributed by atoms with van der Waals surface area (Å²) in [4.78, 5) is 25.0. The Balaban J connectivity index is 1.39. The first kappa shape index (κ1) is 22.9. The molecule has 0 aliphatic rings. The van der Waals surface area contributed by atoms with E-state index in [-0.39, 0.29) is 28.2 Å². The van der Waals surface area contributed by atoms with Crippen molar-refractivity contribution in [1.82, 2.24) is 15.4 Å². The topological polar surface area (TPSA) is 110 Å². The van der Waals surface area contributed by atoms with Crippen LogP contribution in [0.25, 0.3) is 11.3 Å². The number of amides is 2. The lowest BCUT2D eigenvalue weighted by atomic mass is 10.1. The maximum atomic E-state index is 12.9. The number of hydrogen-bond donors (Lipinski definition) is 2. The van der Waals surface area contributed by atoms with Crippen LogP contribution in [0.2, 0.25) is 5.02 Å². The molecule has 0 unspecified atom stereocenters. The minimum Gasteiger partial charge on any atom is -0.360 e. The van der Waals surface area contributed by atoms with Crippen LogP contribution >= 0.6 is 34.7 Å². The van der Waals surface area contributed by atoms with Crippen molar-refractivity contribution in [3.05, 3.63) is 70.7 Å². The summed E-state index contributed by atoms with van der Waals surface area (Å²) in [5, 5.41) is 18.0. The highest BCUT2D eigenvalue weighted by Crippen LogP contribution is 2.32. The first-order valence-electron chi connectivity index (χ1n) is 9.45. The Morgan fingerprint density at radius 1 is 1.12 bits per heavy atom. The van der Waals surface area contributed by atoms with Crippen molar-refractivity contribution in [2.75, 3.05) is 16.4 Å². The molecule has 0 spiro atoms. The Morgan fingerprint density at radius 2 is 1.88 bits per heavy atom. The van der Waals surface area contributed by atoms with Gasteiger partial charge in [0.2, 0.25) is 11.0 Å². The molecule has 0 bridgehead atoms. The van der Waals surface area contributed by atoms with Gasteiger partial charge in [-0.15, -0.1) is 10.2 Å². The van der Waals surface area contributed by atoms with Crippen LogP contribution in [0.5, 0.6) is 0 Å². The summed E-state index contributed by atoms with van der Waals surface area (Å²) in [6.07, 6.45) is 0. The molecule has 33 heavy (non-hydrogen) atoms. The van der Waals surface area contributed by atoms with Crippen molar-refractivity contribution in [2.24, 2.45) is 0 Å². The van der Waals surface area contributed by atoms with Crippen molar-refractivity contribution in [3.63, 3.8) is 0 Å². The SMILES string of the molecule is Cc1onc(-c2ccccc2Cl)c1C(=O)Nc1nnc(SCC(=O)Nc2ccc(F)cc2)s1. The normalized spacial score (nSPS) is 10.8. The van der Waals surface area contributed by atoms with E-state index in [4.69, 9.17) is 16.1 Å². The number of anilines is 2. The molecule has 0 saturated heterocycles. The van der Waals surface area contributed by atoms with Gasteiger partial charge in [-0.2, -0.15) is 0 Å². The van der Waals surface area contributed by atoms with Gasteiger partial charge in [0.25, 0.3) is 5.91 Å². The summed E-state index contributed by atoms with van der Waals surface area (Å²) in [5.74, 6) is -0.728. The minimum absolute atomic E-state index is 0.0708. The monoisotopic (exact) mass is 503 g/mol. The zero-order valence-electron chi connectivity index (χ0n) is 17.0. The molecule has 8 nitrogen and oxygen atoms in total. The van der Waals surface area contributed by atoms with Crippen LogP contribution < -0.4 is 10.6 Å². The van der Waals surface area contributed by atoms with Crippen molar-refractivity contribution in [3.8, 4) is 11.3 Å². The molecule has 0 aliphatic carbocycles. The van der Waals surface area contributed by atoms with Crippen LogP contribution in [0.4, 0.5) is 15.2 Å². The highest BCUT2D eigenvalue weighted by Gasteiger charge is 2.24. The molecular weight excluding hydrogens is 489 g/mol. The summed E-state index contributed by atoms with van der Waals surface area (Å²) < 4.78 is 18.7. The number of hydrogen-bond acceptors (Lipinski definition) is 8. The Labute approximate surface area is 200 Å². The zero-order valence-corrected chi connectivity index (χ0v) is 19.4. The molecule has 2 amide bonds. The second-order valence-corrected chi connectivity index (χ2v) is 9.22. The Kier molecular flexibility index (Phi) is 7.02. The van der Waals surface area contributed by atoms with Crippen molar-refractivity contribution in [2.45, 2.75) is 11.3 Å². The average Bonchev–Trinajstić information content (AvgIpc) is 3.40. The number of aromatic nitrogens is 3. The number of benzene rings is 2. The van der Waals surface area contributed by atoms with Gasteiger partial charge in [0.05, 0.1) is 10.8 Å². The Hall–Kier alpha value is -3.28. The molecule has 0 atom stereocenters. The van der Waals surface area contributed by atoms with E-state index in [2.05, 4.69) is 26.0 Å².